The van der Waals surface area contributed by atoms with Crippen LogP contribution in [0.4, 0.5) is 5.82 Å². The van der Waals surface area contributed by atoms with E-state index < -0.39 is 0 Å². The molecule has 1 atom stereocenters. The van der Waals surface area contributed by atoms with Gasteiger partial charge < -0.3 is 10.6 Å². The highest BCUT2D eigenvalue weighted by atomic mass is 15.3. The van der Waals surface area contributed by atoms with Crippen LogP contribution in [0.5, 0.6) is 0 Å². The van der Waals surface area contributed by atoms with E-state index in [2.05, 4.69) is 48.9 Å². The van der Waals surface area contributed by atoms with Gasteiger partial charge in [0.05, 0.1) is 5.69 Å². The molecule has 2 aromatic rings. The highest BCUT2D eigenvalue weighted by molar-refractivity contribution is 5.69. The molecular formula is C14H23N5. The standard InChI is InChI=1S/C14H23N5/c1-10(2)12-9-13-14(16-7-8-19(13)17-12)18(4)11(3)5-6-15/h7-11H,5-6,15H2,1-4H3. The molecule has 2 aromatic heterocycles. The summed E-state index contributed by atoms with van der Waals surface area (Å²) in [6, 6.07) is 2.49. The predicted molar refractivity (Wildman–Crippen MR) is 78.6 cm³/mol. The summed E-state index contributed by atoms with van der Waals surface area (Å²) >= 11 is 0. The molecule has 0 spiro atoms. The second-order valence-corrected chi connectivity index (χ2v) is 5.34. The molecule has 0 aliphatic rings. The molecule has 0 aliphatic carbocycles. The minimum Gasteiger partial charge on any atom is -0.355 e. The Labute approximate surface area is 114 Å². The monoisotopic (exact) mass is 261 g/mol. The van der Waals surface area contributed by atoms with Gasteiger partial charge in [0, 0.05) is 25.5 Å². The van der Waals surface area contributed by atoms with E-state index >= 15 is 0 Å². The van der Waals surface area contributed by atoms with Crippen molar-refractivity contribution in [1.82, 2.24) is 14.6 Å². The number of hydrogen-bond donors (Lipinski definition) is 1. The predicted octanol–water partition coefficient (Wildman–Crippen LogP) is 2.03. The van der Waals surface area contributed by atoms with Crippen LogP contribution in [0.25, 0.3) is 5.52 Å². The van der Waals surface area contributed by atoms with E-state index in [4.69, 9.17) is 5.73 Å². The molecule has 0 fully saturated rings. The summed E-state index contributed by atoms with van der Waals surface area (Å²) in [4.78, 5) is 6.68. The number of nitrogens with zero attached hydrogens (tertiary/aromatic N) is 4. The Balaban J connectivity index is 2.42. The number of rotatable bonds is 5. The quantitative estimate of drug-likeness (QED) is 0.894. The van der Waals surface area contributed by atoms with Crippen LogP contribution in [0.1, 0.15) is 38.8 Å². The molecule has 5 heteroatoms. The van der Waals surface area contributed by atoms with Gasteiger partial charge in [0.25, 0.3) is 0 Å². The molecule has 0 aromatic carbocycles. The lowest BCUT2D eigenvalue weighted by molar-refractivity contribution is 0.629. The van der Waals surface area contributed by atoms with Crippen molar-refractivity contribution in [3.63, 3.8) is 0 Å². The molecule has 2 rings (SSSR count). The minimum atomic E-state index is 0.362. The van der Waals surface area contributed by atoms with Gasteiger partial charge in [-0.05, 0) is 31.9 Å². The lowest BCUT2D eigenvalue weighted by atomic mass is 10.1. The van der Waals surface area contributed by atoms with E-state index in [0.717, 1.165) is 23.4 Å². The fourth-order valence-corrected chi connectivity index (χ4v) is 2.12. The number of hydrogen-bond acceptors (Lipinski definition) is 4. The van der Waals surface area contributed by atoms with Crippen molar-refractivity contribution in [3.8, 4) is 0 Å². The van der Waals surface area contributed by atoms with E-state index in [1.807, 2.05) is 10.7 Å². The molecule has 0 saturated heterocycles. The van der Waals surface area contributed by atoms with Crippen molar-refractivity contribution < 1.29 is 0 Å². The van der Waals surface area contributed by atoms with Crippen LogP contribution in [0.3, 0.4) is 0 Å². The topological polar surface area (TPSA) is 59.5 Å². The second kappa shape index (κ2) is 5.57. The van der Waals surface area contributed by atoms with Gasteiger partial charge in [0.1, 0.15) is 5.52 Å². The van der Waals surface area contributed by atoms with Gasteiger partial charge in [-0.15, -0.1) is 0 Å². The summed E-state index contributed by atoms with van der Waals surface area (Å²) < 4.78 is 1.91. The molecule has 0 radical (unpaired) electrons. The Morgan fingerprint density at radius 1 is 1.37 bits per heavy atom. The van der Waals surface area contributed by atoms with Crippen molar-refractivity contribution in [1.29, 1.82) is 0 Å². The first-order valence-corrected chi connectivity index (χ1v) is 6.81. The first kappa shape index (κ1) is 13.8. The summed E-state index contributed by atoms with van der Waals surface area (Å²) in [6.45, 7) is 7.15. The molecule has 0 aliphatic heterocycles. The second-order valence-electron chi connectivity index (χ2n) is 5.34. The highest BCUT2D eigenvalue weighted by Crippen LogP contribution is 2.23. The maximum Gasteiger partial charge on any atom is 0.154 e. The van der Waals surface area contributed by atoms with Crippen LogP contribution < -0.4 is 10.6 Å². The Hall–Kier alpha value is -1.62. The van der Waals surface area contributed by atoms with Crippen molar-refractivity contribution in [2.24, 2.45) is 5.73 Å². The molecule has 1 unspecified atom stereocenters. The Morgan fingerprint density at radius 3 is 2.74 bits per heavy atom. The molecule has 19 heavy (non-hydrogen) atoms. The number of anilines is 1. The van der Waals surface area contributed by atoms with Crippen molar-refractivity contribution in [2.75, 3.05) is 18.5 Å². The van der Waals surface area contributed by atoms with Crippen LogP contribution in [-0.4, -0.2) is 34.2 Å². The lowest BCUT2D eigenvalue weighted by Gasteiger charge is -2.25. The van der Waals surface area contributed by atoms with Crippen molar-refractivity contribution in [3.05, 3.63) is 24.2 Å². The van der Waals surface area contributed by atoms with Crippen LogP contribution in [0.15, 0.2) is 18.5 Å². The van der Waals surface area contributed by atoms with Crippen LogP contribution >= 0.6 is 0 Å². The fourth-order valence-electron chi connectivity index (χ4n) is 2.12. The average molecular weight is 261 g/mol. The Kier molecular flexibility index (Phi) is 4.04. The Morgan fingerprint density at radius 2 is 2.11 bits per heavy atom. The first-order valence-electron chi connectivity index (χ1n) is 6.81. The summed E-state index contributed by atoms with van der Waals surface area (Å²) in [7, 11) is 2.06. The molecule has 0 saturated carbocycles. The van der Waals surface area contributed by atoms with E-state index in [0.29, 0.717) is 18.5 Å². The summed E-state index contributed by atoms with van der Waals surface area (Å²) in [5.41, 5.74) is 7.78. The highest BCUT2D eigenvalue weighted by Gasteiger charge is 2.16. The fraction of sp³-hybridized carbons (Fsp3) is 0.571. The van der Waals surface area contributed by atoms with E-state index in [1.54, 1.807) is 6.20 Å². The molecule has 0 bridgehead atoms. The summed E-state index contributed by atoms with van der Waals surface area (Å²) in [6.07, 6.45) is 4.64. The maximum atomic E-state index is 5.64. The zero-order valence-corrected chi connectivity index (χ0v) is 12.2. The van der Waals surface area contributed by atoms with Gasteiger partial charge in [-0.25, -0.2) is 9.50 Å². The molecule has 2 heterocycles. The first-order chi connectivity index (χ1) is 9.04. The number of nitrogens with two attached hydrogens (primary N) is 1. The van der Waals surface area contributed by atoms with Crippen LogP contribution in [0.2, 0.25) is 0 Å². The van der Waals surface area contributed by atoms with Crippen molar-refractivity contribution in [2.45, 2.75) is 39.2 Å². The third kappa shape index (κ3) is 2.71. The van der Waals surface area contributed by atoms with Crippen molar-refractivity contribution >= 4 is 11.3 Å². The van der Waals surface area contributed by atoms with Gasteiger partial charge in [0.15, 0.2) is 5.82 Å². The van der Waals surface area contributed by atoms with Gasteiger partial charge in [-0.1, -0.05) is 13.8 Å². The van der Waals surface area contributed by atoms with E-state index in [-0.39, 0.29) is 0 Å². The number of fused-ring (bicyclic) bond motifs is 1. The largest absolute Gasteiger partial charge is 0.355 e. The molecular weight excluding hydrogens is 238 g/mol. The maximum absolute atomic E-state index is 5.64. The smallest absolute Gasteiger partial charge is 0.154 e. The average Bonchev–Trinajstić information content (AvgIpc) is 2.82. The molecule has 104 valence electrons. The van der Waals surface area contributed by atoms with E-state index in [9.17, 15) is 0 Å². The zero-order chi connectivity index (χ0) is 14.0. The van der Waals surface area contributed by atoms with Gasteiger partial charge in [-0.2, -0.15) is 5.10 Å². The van der Waals surface area contributed by atoms with Crippen LogP contribution in [0, 0.1) is 0 Å². The molecule has 5 nitrogen and oxygen atoms in total. The normalized spacial score (nSPS) is 13.2. The van der Waals surface area contributed by atoms with E-state index in [1.165, 1.54) is 0 Å². The number of aromatic nitrogens is 3. The lowest BCUT2D eigenvalue weighted by Crippen LogP contribution is -2.31. The van der Waals surface area contributed by atoms with Gasteiger partial charge in [0.2, 0.25) is 0 Å². The molecule has 2 N–H and O–H groups in total. The minimum absolute atomic E-state index is 0.362. The van der Waals surface area contributed by atoms with Gasteiger partial charge in [-0.3, -0.25) is 0 Å². The third-order valence-corrected chi connectivity index (χ3v) is 3.56. The summed E-state index contributed by atoms with van der Waals surface area (Å²) in [5, 5.41) is 4.59. The van der Waals surface area contributed by atoms with Crippen LogP contribution in [-0.2, 0) is 0 Å². The Bertz CT molecular complexity index is 546. The molecule has 0 amide bonds. The van der Waals surface area contributed by atoms with Gasteiger partial charge >= 0.3 is 0 Å². The third-order valence-electron chi connectivity index (χ3n) is 3.56. The zero-order valence-electron chi connectivity index (χ0n) is 12.2. The summed E-state index contributed by atoms with van der Waals surface area (Å²) in [5.74, 6) is 1.38. The SMILES string of the molecule is CC(C)c1cc2c(N(C)C(C)CCN)nccn2n1.